The zero-order chi connectivity index (χ0) is 19.1. The molecule has 1 atom stereocenters. The number of unbranched alkanes of at least 4 members (excludes halogenated alkanes) is 1. The second-order valence-corrected chi connectivity index (χ2v) is 7.27. The van der Waals surface area contributed by atoms with Crippen LogP contribution in [0.1, 0.15) is 81.5 Å². The number of phenols is 2. The molecule has 0 aliphatic heterocycles. The number of aromatic hydroxyl groups is 2. The van der Waals surface area contributed by atoms with E-state index in [4.69, 9.17) is 0 Å². The molecule has 0 spiro atoms. The van der Waals surface area contributed by atoms with E-state index in [1.807, 2.05) is 12.1 Å². The molecule has 0 amide bonds. The van der Waals surface area contributed by atoms with E-state index in [0.29, 0.717) is 23.3 Å². The molecule has 0 saturated heterocycles. The summed E-state index contributed by atoms with van der Waals surface area (Å²) < 4.78 is 0. The summed E-state index contributed by atoms with van der Waals surface area (Å²) >= 11 is 0. The van der Waals surface area contributed by atoms with Crippen molar-refractivity contribution in [2.45, 2.75) is 72.1 Å². The summed E-state index contributed by atoms with van der Waals surface area (Å²) in [4.78, 5) is 0. The van der Waals surface area contributed by atoms with Gasteiger partial charge >= 0.3 is 0 Å². The first-order chi connectivity index (χ1) is 12.5. The van der Waals surface area contributed by atoms with Crippen molar-refractivity contribution in [1.29, 1.82) is 0 Å². The van der Waals surface area contributed by atoms with Crippen molar-refractivity contribution in [3.8, 4) is 11.5 Å². The van der Waals surface area contributed by atoms with Crippen molar-refractivity contribution in [3.05, 3.63) is 58.7 Å². The smallest absolute Gasteiger partial charge is 0.118 e. The van der Waals surface area contributed by atoms with Gasteiger partial charge in [0.15, 0.2) is 0 Å². The Hall–Kier alpha value is -1.96. The Bertz CT molecular complexity index is 652. The molecule has 2 rings (SSSR count). The molecular weight excluding hydrogens is 320 g/mol. The largest absolute Gasteiger partial charge is 0.508 e. The normalized spacial score (nSPS) is 12.5. The maximum Gasteiger partial charge on any atom is 0.118 e. The van der Waals surface area contributed by atoms with Crippen molar-refractivity contribution in [2.24, 2.45) is 5.92 Å². The van der Waals surface area contributed by atoms with E-state index in [0.717, 1.165) is 30.4 Å². The van der Waals surface area contributed by atoms with Gasteiger partial charge in [0.2, 0.25) is 0 Å². The number of rotatable bonds is 9. The Kier molecular flexibility index (Phi) is 7.56. The SMILES string of the molecule is CCCCC(CC)C(c1ccc(O)c(CC)c1)c1ccc(O)c(CC)c1. The molecule has 0 fully saturated rings. The topological polar surface area (TPSA) is 40.5 Å². The van der Waals surface area contributed by atoms with E-state index in [9.17, 15) is 10.2 Å². The molecule has 0 saturated carbocycles. The quantitative estimate of drug-likeness (QED) is 0.534. The summed E-state index contributed by atoms with van der Waals surface area (Å²) in [6.07, 6.45) is 6.40. The highest BCUT2D eigenvalue weighted by Gasteiger charge is 2.24. The highest BCUT2D eigenvalue weighted by molar-refractivity contribution is 5.44. The molecule has 0 aliphatic carbocycles. The van der Waals surface area contributed by atoms with Crippen molar-refractivity contribution < 1.29 is 10.2 Å². The monoisotopic (exact) mass is 354 g/mol. The molecule has 0 radical (unpaired) electrons. The maximum atomic E-state index is 10.1. The van der Waals surface area contributed by atoms with Crippen LogP contribution in [0.25, 0.3) is 0 Å². The van der Waals surface area contributed by atoms with Gasteiger partial charge in [-0.1, -0.05) is 71.2 Å². The Labute approximate surface area is 158 Å². The van der Waals surface area contributed by atoms with Crippen LogP contribution in [0.2, 0.25) is 0 Å². The molecule has 0 aliphatic rings. The lowest BCUT2D eigenvalue weighted by atomic mass is 9.76. The Morgan fingerprint density at radius 1 is 0.769 bits per heavy atom. The average molecular weight is 355 g/mol. The number of benzene rings is 2. The number of hydrogen-bond acceptors (Lipinski definition) is 2. The van der Waals surface area contributed by atoms with Crippen molar-refractivity contribution in [2.75, 3.05) is 0 Å². The molecule has 2 N–H and O–H groups in total. The van der Waals surface area contributed by atoms with Gasteiger partial charge in [-0.25, -0.2) is 0 Å². The zero-order valence-electron chi connectivity index (χ0n) is 16.8. The maximum absolute atomic E-state index is 10.1. The van der Waals surface area contributed by atoms with E-state index >= 15 is 0 Å². The van der Waals surface area contributed by atoms with Crippen LogP contribution < -0.4 is 0 Å². The molecular formula is C24H34O2. The van der Waals surface area contributed by atoms with Crippen LogP contribution in [0.15, 0.2) is 36.4 Å². The minimum Gasteiger partial charge on any atom is -0.508 e. The predicted molar refractivity (Wildman–Crippen MR) is 110 cm³/mol. The fraction of sp³-hybridized carbons (Fsp3) is 0.500. The highest BCUT2D eigenvalue weighted by Crippen LogP contribution is 2.39. The van der Waals surface area contributed by atoms with Gasteiger partial charge in [0.05, 0.1) is 0 Å². The minimum atomic E-state index is 0.295. The van der Waals surface area contributed by atoms with Crippen molar-refractivity contribution >= 4 is 0 Å². The molecule has 26 heavy (non-hydrogen) atoms. The lowest BCUT2D eigenvalue weighted by Crippen LogP contribution is -2.15. The fourth-order valence-corrected chi connectivity index (χ4v) is 3.97. The first kappa shape index (κ1) is 20.4. The standard InChI is InChI=1S/C24H34O2/c1-5-9-10-17(6-2)24(20-11-13-22(25)18(7-3)15-20)21-12-14-23(26)19(8-4)16-21/h11-17,24-26H,5-10H2,1-4H3. The van der Waals surface area contributed by atoms with Gasteiger partial charge in [0, 0.05) is 5.92 Å². The van der Waals surface area contributed by atoms with Gasteiger partial charge in [-0.3, -0.25) is 0 Å². The average Bonchev–Trinajstić information content (AvgIpc) is 2.66. The second-order valence-electron chi connectivity index (χ2n) is 7.27. The van der Waals surface area contributed by atoms with Crippen LogP contribution in [-0.2, 0) is 12.8 Å². The number of hydrogen-bond donors (Lipinski definition) is 2. The van der Waals surface area contributed by atoms with E-state index in [-0.39, 0.29) is 0 Å². The molecule has 142 valence electrons. The molecule has 2 nitrogen and oxygen atoms in total. The molecule has 0 heterocycles. The van der Waals surface area contributed by atoms with Gasteiger partial charge in [-0.2, -0.15) is 0 Å². The van der Waals surface area contributed by atoms with Gasteiger partial charge < -0.3 is 10.2 Å². The molecule has 0 bridgehead atoms. The lowest BCUT2D eigenvalue weighted by Gasteiger charge is -2.28. The predicted octanol–water partition coefficient (Wildman–Crippen LogP) is 6.57. The van der Waals surface area contributed by atoms with E-state index in [1.54, 1.807) is 0 Å². The third-order valence-corrected chi connectivity index (χ3v) is 5.61. The van der Waals surface area contributed by atoms with Gasteiger partial charge in [0.25, 0.3) is 0 Å². The fourth-order valence-electron chi connectivity index (χ4n) is 3.97. The minimum absolute atomic E-state index is 0.295. The molecule has 2 aromatic rings. The zero-order valence-corrected chi connectivity index (χ0v) is 16.8. The second kappa shape index (κ2) is 9.66. The van der Waals surface area contributed by atoms with Crippen LogP contribution in [0, 0.1) is 5.92 Å². The third kappa shape index (κ3) is 4.60. The number of aryl methyl sites for hydroxylation is 2. The summed E-state index contributed by atoms with van der Waals surface area (Å²) in [7, 11) is 0. The summed E-state index contributed by atoms with van der Waals surface area (Å²) in [5.41, 5.74) is 4.56. The summed E-state index contributed by atoms with van der Waals surface area (Å²) in [5, 5.41) is 20.2. The number of phenolic OH excluding ortho intramolecular Hbond substituents is 2. The van der Waals surface area contributed by atoms with E-state index < -0.39 is 0 Å². The Morgan fingerprint density at radius 2 is 1.27 bits per heavy atom. The van der Waals surface area contributed by atoms with Crippen molar-refractivity contribution in [3.63, 3.8) is 0 Å². The lowest BCUT2D eigenvalue weighted by molar-refractivity contribution is 0.404. The van der Waals surface area contributed by atoms with Crippen LogP contribution in [-0.4, -0.2) is 10.2 Å². The molecule has 2 heteroatoms. The Balaban J connectivity index is 2.54. The van der Waals surface area contributed by atoms with E-state index in [1.165, 1.54) is 30.4 Å². The highest BCUT2D eigenvalue weighted by atomic mass is 16.3. The van der Waals surface area contributed by atoms with E-state index in [2.05, 4.69) is 52.0 Å². The molecule has 2 aromatic carbocycles. The van der Waals surface area contributed by atoms with Crippen molar-refractivity contribution in [1.82, 2.24) is 0 Å². The first-order valence-electron chi connectivity index (χ1n) is 10.2. The van der Waals surface area contributed by atoms with Crippen LogP contribution in [0.5, 0.6) is 11.5 Å². The van der Waals surface area contributed by atoms with Gasteiger partial charge in [-0.05, 0) is 59.6 Å². The van der Waals surface area contributed by atoms with Crippen LogP contribution >= 0.6 is 0 Å². The van der Waals surface area contributed by atoms with Crippen LogP contribution in [0.4, 0.5) is 0 Å². The van der Waals surface area contributed by atoms with Gasteiger partial charge in [-0.15, -0.1) is 0 Å². The third-order valence-electron chi connectivity index (χ3n) is 5.61. The Morgan fingerprint density at radius 3 is 1.65 bits per heavy atom. The van der Waals surface area contributed by atoms with Crippen LogP contribution in [0.3, 0.4) is 0 Å². The first-order valence-corrected chi connectivity index (χ1v) is 10.2. The summed E-state index contributed by atoms with van der Waals surface area (Å²) in [6.45, 7) is 8.68. The summed E-state index contributed by atoms with van der Waals surface area (Å²) in [6, 6.07) is 12.2. The molecule has 0 aromatic heterocycles. The molecule has 1 unspecified atom stereocenters. The van der Waals surface area contributed by atoms with Gasteiger partial charge in [0.1, 0.15) is 11.5 Å². The summed E-state index contributed by atoms with van der Waals surface area (Å²) in [5.74, 6) is 1.62.